The number of unbranched alkanes of at least 4 members (excludes halogenated alkanes) is 15. The van der Waals surface area contributed by atoms with Gasteiger partial charge in [-0.2, -0.15) is 0 Å². The third-order valence-electron chi connectivity index (χ3n) is 9.80. The predicted molar refractivity (Wildman–Crippen MR) is 256 cm³/mol. The molecule has 6 nitrogen and oxygen atoms in total. The molecule has 1 atom stereocenters. The van der Waals surface area contributed by atoms with Crippen molar-refractivity contribution < 1.29 is 28.6 Å². The van der Waals surface area contributed by atoms with Crippen molar-refractivity contribution in [3.8, 4) is 0 Å². The molecule has 1 unspecified atom stereocenters. The van der Waals surface area contributed by atoms with Crippen LogP contribution in [0.1, 0.15) is 207 Å². The molecule has 0 amide bonds. The van der Waals surface area contributed by atoms with E-state index in [1.54, 1.807) is 0 Å². The van der Waals surface area contributed by atoms with E-state index in [1.165, 1.54) is 70.6 Å². The van der Waals surface area contributed by atoms with Crippen molar-refractivity contribution in [2.45, 2.75) is 213 Å². The van der Waals surface area contributed by atoms with Crippen LogP contribution < -0.4 is 0 Å². The molecule has 0 aliphatic carbocycles. The van der Waals surface area contributed by atoms with Crippen molar-refractivity contribution >= 4 is 17.9 Å². The molecule has 60 heavy (non-hydrogen) atoms. The van der Waals surface area contributed by atoms with Crippen molar-refractivity contribution in [2.24, 2.45) is 0 Å². The quantitative estimate of drug-likeness (QED) is 0.0264. The molecule has 0 heterocycles. The zero-order valence-corrected chi connectivity index (χ0v) is 38.7. The molecule has 0 radical (unpaired) electrons. The lowest BCUT2D eigenvalue weighted by atomic mass is 10.1. The third kappa shape index (κ3) is 45.4. The first-order valence-electron chi connectivity index (χ1n) is 24.2. The predicted octanol–water partition coefficient (Wildman–Crippen LogP) is 15.8. The fraction of sp³-hybridized carbons (Fsp3) is 0.648. The molecule has 0 aliphatic rings. The Morgan fingerprint density at radius 3 is 1.07 bits per heavy atom. The Hall–Kier alpha value is -3.67. The summed E-state index contributed by atoms with van der Waals surface area (Å²) in [4.78, 5) is 37.8. The summed E-state index contributed by atoms with van der Waals surface area (Å²) in [6.07, 6.45) is 62.7. The highest BCUT2D eigenvalue weighted by Gasteiger charge is 2.19. The largest absolute Gasteiger partial charge is 0.462 e. The number of hydrogen-bond donors (Lipinski definition) is 0. The second-order valence-electron chi connectivity index (χ2n) is 15.6. The first-order chi connectivity index (χ1) is 29.5. The van der Waals surface area contributed by atoms with Gasteiger partial charge in [0.05, 0.1) is 0 Å². The van der Waals surface area contributed by atoms with Gasteiger partial charge in [-0.05, 0) is 103 Å². The summed E-state index contributed by atoms with van der Waals surface area (Å²) < 4.78 is 16.6. The van der Waals surface area contributed by atoms with Gasteiger partial charge in [-0.25, -0.2) is 0 Å². The SMILES string of the molecule is CC/C=C\C/C=C\C/C=C\CCCC(=O)OCC(COC(=O)CCC/C=C\C/C=C\C/C=C\CCCCCCCC)OC(=O)CCCCCCCCC/C=C\C/C=C\CC. The van der Waals surface area contributed by atoms with Crippen LogP contribution >= 0.6 is 0 Å². The number of hydrogen-bond acceptors (Lipinski definition) is 6. The number of allylic oxidation sites excluding steroid dienone is 16. The summed E-state index contributed by atoms with van der Waals surface area (Å²) in [6.45, 7) is 6.29. The second-order valence-corrected chi connectivity index (χ2v) is 15.6. The summed E-state index contributed by atoms with van der Waals surface area (Å²) in [6, 6.07) is 0. The lowest BCUT2D eigenvalue weighted by Gasteiger charge is -2.18. The molecule has 0 spiro atoms. The van der Waals surface area contributed by atoms with Crippen molar-refractivity contribution in [1.29, 1.82) is 0 Å². The monoisotopic (exact) mass is 833 g/mol. The van der Waals surface area contributed by atoms with Gasteiger partial charge >= 0.3 is 17.9 Å². The van der Waals surface area contributed by atoms with Gasteiger partial charge in [0.15, 0.2) is 6.10 Å². The number of carbonyl (C=O) groups excluding carboxylic acids is 3. The normalized spacial score (nSPS) is 12.9. The Balaban J connectivity index is 4.52. The molecular formula is C54H88O6. The standard InChI is InChI=1S/C54H88O6/c1-4-7-10-13-16-19-22-24-26-27-28-30-32-35-38-41-44-47-53(56)59-50-51(49-58-52(55)46-43-40-37-34-31-21-18-15-12-9-6-3)60-54(57)48-45-42-39-36-33-29-25-23-20-17-14-11-8-5-2/h8-9,11-12,17-18,20-21,24,26,28,30,34-35,37-38,51H,4-7,10,13-16,19,22-23,25,27,29,31-33,36,39-50H2,1-3H3/b11-8-,12-9-,20-17-,21-18-,26-24-,30-28-,37-34-,38-35-. The molecule has 0 bridgehead atoms. The highest BCUT2D eigenvalue weighted by Crippen LogP contribution is 2.12. The molecule has 0 aromatic heterocycles. The Bertz CT molecular complexity index is 1230. The van der Waals surface area contributed by atoms with Gasteiger partial charge in [0.1, 0.15) is 13.2 Å². The lowest BCUT2D eigenvalue weighted by Crippen LogP contribution is -2.30. The van der Waals surface area contributed by atoms with Crippen molar-refractivity contribution in [2.75, 3.05) is 13.2 Å². The number of carbonyl (C=O) groups is 3. The van der Waals surface area contributed by atoms with Crippen LogP contribution in [0.5, 0.6) is 0 Å². The molecule has 0 fully saturated rings. The van der Waals surface area contributed by atoms with Gasteiger partial charge in [-0.3, -0.25) is 14.4 Å². The van der Waals surface area contributed by atoms with E-state index >= 15 is 0 Å². The topological polar surface area (TPSA) is 78.9 Å². The van der Waals surface area contributed by atoms with Crippen LogP contribution in [0.4, 0.5) is 0 Å². The Kier molecular flexibility index (Phi) is 45.1. The zero-order chi connectivity index (χ0) is 43.7. The first-order valence-corrected chi connectivity index (χ1v) is 24.2. The molecule has 0 N–H and O–H groups in total. The maximum atomic E-state index is 12.7. The van der Waals surface area contributed by atoms with Crippen LogP contribution in [-0.4, -0.2) is 37.2 Å². The van der Waals surface area contributed by atoms with E-state index in [4.69, 9.17) is 14.2 Å². The molecule has 0 saturated carbocycles. The minimum atomic E-state index is -0.821. The van der Waals surface area contributed by atoms with Gasteiger partial charge in [0, 0.05) is 19.3 Å². The maximum Gasteiger partial charge on any atom is 0.306 e. The fourth-order valence-corrected chi connectivity index (χ4v) is 6.22. The van der Waals surface area contributed by atoms with Gasteiger partial charge in [-0.1, -0.05) is 182 Å². The van der Waals surface area contributed by atoms with E-state index < -0.39 is 6.10 Å². The summed E-state index contributed by atoms with van der Waals surface area (Å²) in [5.41, 5.74) is 0. The Morgan fingerprint density at radius 1 is 0.350 bits per heavy atom. The molecular weight excluding hydrogens is 745 g/mol. The first kappa shape index (κ1) is 56.3. The Labute approximate surface area is 368 Å². The van der Waals surface area contributed by atoms with Gasteiger partial charge in [-0.15, -0.1) is 0 Å². The van der Waals surface area contributed by atoms with Crippen molar-refractivity contribution in [3.05, 3.63) is 97.2 Å². The molecule has 0 aromatic carbocycles. The summed E-state index contributed by atoms with van der Waals surface area (Å²) >= 11 is 0. The average Bonchev–Trinajstić information content (AvgIpc) is 3.24. The second kappa shape index (κ2) is 48.0. The number of esters is 3. The fourth-order valence-electron chi connectivity index (χ4n) is 6.22. The summed E-state index contributed by atoms with van der Waals surface area (Å²) in [5, 5.41) is 0. The maximum absolute atomic E-state index is 12.7. The summed E-state index contributed by atoms with van der Waals surface area (Å²) in [5.74, 6) is -1.04. The zero-order valence-electron chi connectivity index (χ0n) is 38.7. The molecule has 0 aromatic rings. The molecule has 6 heteroatoms. The molecule has 0 rings (SSSR count). The molecule has 0 saturated heterocycles. The van der Waals surface area contributed by atoms with E-state index in [0.29, 0.717) is 19.3 Å². The lowest BCUT2D eigenvalue weighted by molar-refractivity contribution is -0.167. The highest BCUT2D eigenvalue weighted by atomic mass is 16.6. The van der Waals surface area contributed by atoms with E-state index in [9.17, 15) is 14.4 Å². The highest BCUT2D eigenvalue weighted by molar-refractivity contribution is 5.71. The Morgan fingerprint density at radius 2 is 0.667 bits per heavy atom. The molecule has 340 valence electrons. The van der Waals surface area contributed by atoms with Crippen LogP contribution in [0, 0.1) is 0 Å². The third-order valence-corrected chi connectivity index (χ3v) is 9.80. The number of ether oxygens (including phenoxy) is 3. The van der Waals surface area contributed by atoms with E-state index in [-0.39, 0.29) is 44.0 Å². The van der Waals surface area contributed by atoms with E-state index in [2.05, 4.69) is 118 Å². The smallest absolute Gasteiger partial charge is 0.306 e. The van der Waals surface area contributed by atoms with Crippen LogP contribution in [-0.2, 0) is 28.6 Å². The van der Waals surface area contributed by atoms with Crippen LogP contribution in [0.3, 0.4) is 0 Å². The van der Waals surface area contributed by atoms with Gasteiger partial charge in [0.2, 0.25) is 0 Å². The van der Waals surface area contributed by atoms with Gasteiger partial charge in [0.25, 0.3) is 0 Å². The molecule has 0 aliphatic heterocycles. The van der Waals surface area contributed by atoms with Crippen LogP contribution in [0.15, 0.2) is 97.2 Å². The van der Waals surface area contributed by atoms with Crippen molar-refractivity contribution in [3.63, 3.8) is 0 Å². The summed E-state index contributed by atoms with van der Waals surface area (Å²) in [7, 11) is 0. The van der Waals surface area contributed by atoms with Gasteiger partial charge < -0.3 is 14.2 Å². The minimum Gasteiger partial charge on any atom is -0.462 e. The van der Waals surface area contributed by atoms with Crippen molar-refractivity contribution in [1.82, 2.24) is 0 Å². The minimum absolute atomic E-state index is 0.124. The number of rotatable bonds is 42. The van der Waals surface area contributed by atoms with E-state index in [1.807, 2.05) is 0 Å². The average molecular weight is 833 g/mol. The van der Waals surface area contributed by atoms with E-state index in [0.717, 1.165) is 83.5 Å². The van der Waals surface area contributed by atoms with Crippen LogP contribution in [0.2, 0.25) is 0 Å². The van der Waals surface area contributed by atoms with Crippen LogP contribution in [0.25, 0.3) is 0 Å².